The Kier molecular flexibility index (Phi) is 10.1. The second-order valence-corrected chi connectivity index (χ2v) is 9.47. The normalized spacial score (nSPS) is 15.6. The molecule has 1 saturated heterocycles. The van der Waals surface area contributed by atoms with Crippen LogP contribution in [0.2, 0.25) is 0 Å². The Bertz CT molecular complexity index is 900. The molecule has 0 saturated carbocycles. The predicted molar refractivity (Wildman–Crippen MR) is 138 cm³/mol. The quantitative estimate of drug-likeness (QED) is 0.323. The zero-order valence-electron chi connectivity index (χ0n) is 19.8. The van der Waals surface area contributed by atoms with Gasteiger partial charge in [0.1, 0.15) is 11.1 Å². The number of anilines is 2. The van der Waals surface area contributed by atoms with E-state index in [0.717, 1.165) is 35.5 Å². The molecule has 0 aliphatic carbocycles. The molecule has 6 heteroatoms. The Hall–Kier alpha value is -2.47. The number of amides is 2. The van der Waals surface area contributed by atoms with E-state index in [2.05, 4.69) is 12.2 Å². The number of nitrogens with one attached hydrogen (secondary N) is 1. The van der Waals surface area contributed by atoms with E-state index in [1.807, 2.05) is 60.4 Å². The highest BCUT2D eigenvalue weighted by molar-refractivity contribution is 8.00. The summed E-state index contributed by atoms with van der Waals surface area (Å²) in [5.74, 6) is 1.37. The van der Waals surface area contributed by atoms with Crippen molar-refractivity contribution in [1.82, 2.24) is 0 Å². The van der Waals surface area contributed by atoms with E-state index in [4.69, 9.17) is 4.74 Å². The summed E-state index contributed by atoms with van der Waals surface area (Å²) >= 11 is 1.61. The fourth-order valence-electron chi connectivity index (χ4n) is 4.06. The van der Waals surface area contributed by atoms with Gasteiger partial charge in [0, 0.05) is 17.8 Å². The van der Waals surface area contributed by atoms with Crippen LogP contribution in [0.15, 0.2) is 48.5 Å². The van der Waals surface area contributed by atoms with E-state index in [1.54, 1.807) is 11.8 Å². The molecule has 2 amide bonds. The standard InChI is InChI=1S/C27H36N2O3S/c1-3-5-6-7-8-9-10-14-25(30)28-22-13-11-12-21(19-22)27-29(26(31)20-33-27)23-15-17-24(18-16-23)32-4-2/h11-13,15-19,27H,3-10,14,20H2,1-2H3,(H,28,30)/t27-/m0/s1. The second kappa shape index (κ2) is 13.3. The lowest BCUT2D eigenvalue weighted by molar-refractivity contribution is -0.117. The lowest BCUT2D eigenvalue weighted by Crippen LogP contribution is -2.27. The van der Waals surface area contributed by atoms with Gasteiger partial charge in [0.25, 0.3) is 0 Å². The molecule has 2 aromatic rings. The zero-order valence-corrected chi connectivity index (χ0v) is 20.7. The lowest BCUT2D eigenvalue weighted by Gasteiger charge is -2.25. The topological polar surface area (TPSA) is 58.6 Å². The van der Waals surface area contributed by atoms with Crippen molar-refractivity contribution in [3.8, 4) is 5.75 Å². The molecule has 0 spiro atoms. The second-order valence-electron chi connectivity index (χ2n) is 8.40. The first kappa shape index (κ1) is 25.2. The van der Waals surface area contributed by atoms with Crippen LogP contribution in [0.1, 0.15) is 76.2 Å². The molecule has 2 aromatic carbocycles. The van der Waals surface area contributed by atoms with Crippen molar-refractivity contribution in [2.24, 2.45) is 0 Å². The van der Waals surface area contributed by atoms with E-state index in [1.165, 1.54) is 32.1 Å². The SMILES string of the molecule is CCCCCCCCCC(=O)Nc1cccc([C@@H]2SCC(=O)N2c2ccc(OCC)cc2)c1. The molecule has 0 bridgehead atoms. The molecule has 178 valence electrons. The number of nitrogens with zero attached hydrogens (tertiary/aromatic N) is 1. The van der Waals surface area contributed by atoms with Gasteiger partial charge in [0.15, 0.2) is 0 Å². The Morgan fingerprint density at radius 1 is 1.03 bits per heavy atom. The van der Waals surface area contributed by atoms with Gasteiger partial charge >= 0.3 is 0 Å². The molecule has 1 fully saturated rings. The molecular weight excluding hydrogens is 432 g/mol. The number of hydrogen-bond donors (Lipinski definition) is 1. The van der Waals surface area contributed by atoms with Crippen LogP contribution < -0.4 is 15.0 Å². The number of carbonyl (C=O) groups is 2. The third-order valence-electron chi connectivity index (χ3n) is 5.76. The number of unbranched alkanes of at least 4 members (excludes halogenated alkanes) is 6. The zero-order chi connectivity index (χ0) is 23.5. The third kappa shape index (κ3) is 7.53. The Balaban J connectivity index is 1.57. The summed E-state index contributed by atoms with van der Waals surface area (Å²) in [6.45, 7) is 4.78. The highest BCUT2D eigenvalue weighted by atomic mass is 32.2. The number of carbonyl (C=O) groups excluding carboxylic acids is 2. The molecule has 1 atom stereocenters. The number of ether oxygens (including phenoxy) is 1. The Labute approximate surface area is 202 Å². The van der Waals surface area contributed by atoms with E-state index in [9.17, 15) is 9.59 Å². The molecule has 33 heavy (non-hydrogen) atoms. The van der Waals surface area contributed by atoms with Gasteiger partial charge in [-0.3, -0.25) is 14.5 Å². The number of benzene rings is 2. The summed E-state index contributed by atoms with van der Waals surface area (Å²) < 4.78 is 5.52. The van der Waals surface area contributed by atoms with Gasteiger partial charge in [-0.1, -0.05) is 57.6 Å². The molecule has 0 unspecified atom stereocenters. The van der Waals surface area contributed by atoms with Crippen molar-refractivity contribution in [1.29, 1.82) is 0 Å². The van der Waals surface area contributed by atoms with E-state index < -0.39 is 0 Å². The van der Waals surface area contributed by atoms with Crippen LogP contribution in [-0.2, 0) is 9.59 Å². The van der Waals surface area contributed by atoms with Crippen molar-refractivity contribution in [2.75, 3.05) is 22.6 Å². The van der Waals surface area contributed by atoms with Gasteiger partial charge in [-0.2, -0.15) is 0 Å². The van der Waals surface area contributed by atoms with Crippen molar-refractivity contribution in [3.63, 3.8) is 0 Å². The van der Waals surface area contributed by atoms with E-state index >= 15 is 0 Å². The molecule has 5 nitrogen and oxygen atoms in total. The van der Waals surface area contributed by atoms with Gasteiger partial charge in [-0.15, -0.1) is 11.8 Å². The van der Waals surface area contributed by atoms with Crippen LogP contribution >= 0.6 is 11.8 Å². The van der Waals surface area contributed by atoms with Crippen molar-refractivity contribution in [3.05, 3.63) is 54.1 Å². The molecule has 1 aliphatic rings. The summed E-state index contributed by atoms with van der Waals surface area (Å²) in [4.78, 5) is 26.9. The molecule has 1 heterocycles. The largest absolute Gasteiger partial charge is 0.494 e. The van der Waals surface area contributed by atoms with Crippen LogP contribution in [-0.4, -0.2) is 24.2 Å². The average Bonchev–Trinajstić information content (AvgIpc) is 3.21. The van der Waals surface area contributed by atoms with E-state index in [-0.39, 0.29) is 17.2 Å². The maximum absolute atomic E-state index is 12.7. The van der Waals surface area contributed by atoms with Crippen LogP contribution in [0.5, 0.6) is 5.75 Å². The highest BCUT2D eigenvalue weighted by Crippen LogP contribution is 2.42. The number of rotatable bonds is 13. The highest BCUT2D eigenvalue weighted by Gasteiger charge is 2.34. The molecular formula is C27H36N2O3S. The van der Waals surface area contributed by atoms with Crippen LogP contribution in [0.25, 0.3) is 0 Å². The maximum atomic E-state index is 12.7. The lowest BCUT2D eigenvalue weighted by atomic mass is 10.1. The first-order valence-corrected chi connectivity index (χ1v) is 13.2. The van der Waals surface area contributed by atoms with Crippen molar-refractivity contribution in [2.45, 2.75) is 70.6 Å². The molecule has 3 rings (SSSR count). The first-order chi connectivity index (χ1) is 16.1. The summed E-state index contributed by atoms with van der Waals surface area (Å²) in [5.41, 5.74) is 2.65. The third-order valence-corrected chi connectivity index (χ3v) is 6.97. The average molecular weight is 469 g/mol. The molecule has 0 radical (unpaired) electrons. The minimum absolute atomic E-state index is 0.0548. The minimum atomic E-state index is -0.115. The van der Waals surface area contributed by atoms with Crippen LogP contribution in [0, 0.1) is 0 Å². The van der Waals surface area contributed by atoms with Gasteiger partial charge in [-0.25, -0.2) is 0 Å². The van der Waals surface area contributed by atoms with Crippen LogP contribution in [0.3, 0.4) is 0 Å². The van der Waals surface area contributed by atoms with Gasteiger partial charge < -0.3 is 10.1 Å². The smallest absolute Gasteiger partial charge is 0.238 e. The number of thioether (sulfide) groups is 1. The molecule has 1 N–H and O–H groups in total. The summed E-state index contributed by atoms with van der Waals surface area (Å²) in [7, 11) is 0. The van der Waals surface area contributed by atoms with Gasteiger partial charge in [-0.05, 0) is 55.3 Å². The first-order valence-electron chi connectivity index (χ1n) is 12.2. The van der Waals surface area contributed by atoms with Crippen molar-refractivity contribution >= 4 is 35.0 Å². The minimum Gasteiger partial charge on any atom is -0.494 e. The Morgan fingerprint density at radius 3 is 2.48 bits per heavy atom. The fourth-order valence-corrected chi connectivity index (χ4v) is 5.22. The summed E-state index contributed by atoms with van der Waals surface area (Å²) in [5, 5.41) is 2.92. The molecule has 1 aliphatic heterocycles. The predicted octanol–water partition coefficient (Wildman–Crippen LogP) is 6.94. The van der Waals surface area contributed by atoms with Gasteiger partial charge in [0.05, 0.1) is 12.4 Å². The van der Waals surface area contributed by atoms with E-state index in [0.29, 0.717) is 18.8 Å². The molecule has 0 aromatic heterocycles. The number of hydrogen-bond acceptors (Lipinski definition) is 4. The maximum Gasteiger partial charge on any atom is 0.238 e. The van der Waals surface area contributed by atoms with Gasteiger partial charge in [0.2, 0.25) is 11.8 Å². The van der Waals surface area contributed by atoms with Crippen molar-refractivity contribution < 1.29 is 14.3 Å². The monoisotopic (exact) mass is 468 g/mol. The summed E-state index contributed by atoms with van der Waals surface area (Å²) in [6, 6.07) is 15.5. The Morgan fingerprint density at radius 2 is 1.76 bits per heavy atom. The summed E-state index contributed by atoms with van der Waals surface area (Å²) in [6.07, 6.45) is 8.91. The fraction of sp³-hybridized carbons (Fsp3) is 0.481. The van der Waals surface area contributed by atoms with Crippen LogP contribution in [0.4, 0.5) is 11.4 Å².